The van der Waals surface area contributed by atoms with Crippen molar-refractivity contribution in [3.05, 3.63) is 27.7 Å². The summed E-state index contributed by atoms with van der Waals surface area (Å²) in [4.78, 5) is 33.2. The first-order valence-electron chi connectivity index (χ1n) is 7.76. The summed E-state index contributed by atoms with van der Waals surface area (Å²) < 4.78 is 11.6. The molecule has 0 saturated carbocycles. The molecule has 0 unspecified atom stereocenters. The van der Waals surface area contributed by atoms with E-state index < -0.39 is 30.1 Å². The van der Waals surface area contributed by atoms with Gasteiger partial charge < -0.3 is 0 Å². The second-order valence-electron chi connectivity index (χ2n) is 7.88. The summed E-state index contributed by atoms with van der Waals surface area (Å²) in [6, 6.07) is 1.85. The van der Waals surface area contributed by atoms with Crippen LogP contribution in [0, 0.1) is 0 Å². The van der Waals surface area contributed by atoms with Crippen molar-refractivity contribution in [2.45, 2.75) is 41.2 Å². The van der Waals surface area contributed by atoms with Crippen molar-refractivity contribution in [1.82, 2.24) is 4.90 Å². The minimum atomic E-state index is -2.63. The second-order valence-corrected chi connectivity index (χ2v) is 22.1. The van der Waals surface area contributed by atoms with Crippen LogP contribution in [0.25, 0.3) is 5.57 Å². The van der Waals surface area contributed by atoms with Crippen molar-refractivity contribution in [3.63, 3.8) is 0 Å². The van der Waals surface area contributed by atoms with Gasteiger partial charge in [0.2, 0.25) is 0 Å². The van der Waals surface area contributed by atoms with E-state index in [1.165, 1.54) is 4.90 Å². The molecule has 0 fully saturated rings. The molecule has 1 aromatic rings. The number of hydrogen-bond donors (Lipinski definition) is 0. The topological polar surface area (TPSA) is 59.8 Å². The molecular weight excluding hydrogens is 401 g/mol. The normalized spacial score (nSPS) is 16.8. The van der Waals surface area contributed by atoms with Crippen LogP contribution >= 0.6 is 0 Å². The van der Waals surface area contributed by atoms with E-state index in [2.05, 4.69) is 14.8 Å². The summed E-state index contributed by atoms with van der Waals surface area (Å²) in [6.07, 6.45) is 2.78. The van der Waals surface area contributed by atoms with E-state index in [1.807, 2.05) is 26.8 Å². The molecule has 1 aliphatic rings. The molecule has 23 heavy (non-hydrogen) atoms. The monoisotopic (exact) mass is 427 g/mol. The molecule has 0 aliphatic carbocycles. The van der Waals surface area contributed by atoms with Gasteiger partial charge in [-0.05, 0) is 0 Å². The zero-order valence-corrected chi connectivity index (χ0v) is 17.6. The van der Waals surface area contributed by atoms with E-state index in [4.69, 9.17) is 9.15 Å². The summed E-state index contributed by atoms with van der Waals surface area (Å²) in [7, 11) is 0. The van der Waals surface area contributed by atoms with Crippen molar-refractivity contribution >= 4 is 35.8 Å². The van der Waals surface area contributed by atoms with Gasteiger partial charge in [-0.2, -0.15) is 0 Å². The summed E-state index contributed by atoms with van der Waals surface area (Å²) in [5, 5.41) is 0. The molecule has 0 saturated heterocycles. The Morgan fingerprint density at radius 1 is 1.26 bits per heavy atom. The second kappa shape index (κ2) is 6.34. The average molecular weight is 426 g/mol. The Labute approximate surface area is 141 Å². The minimum absolute atomic E-state index is 0.0432. The number of Topliss-reactive ketones (excluding diaryl/α,β-unsaturated/α-hetero) is 1. The standard InChI is InChI=1S/C14H16NO4.3CH3.Sn/c1-14(2,3)19-13(17)15-7-11(6-12(16)8-15)10-4-5-18-9-10;;;;/h4-5,9H,7-8H2,1-3H3;3*1H3;. The van der Waals surface area contributed by atoms with Gasteiger partial charge in [0.05, 0.1) is 0 Å². The van der Waals surface area contributed by atoms with Crippen molar-refractivity contribution in [3.8, 4) is 0 Å². The van der Waals surface area contributed by atoms with E-state index in [1.54, 1.807) is 12.5 Å². The van der Waals surface area contributed by atoms with Gasteiger partial charge in [0.1, 0.15) is 0 Å². The van der Waals surface area contributed by atoms with Crippen molar-refractivity contribution in [2.75, 3.05) is 13.1 Å². The summed E-state index contributed by atoms with van der Waals surface area (Å²) in [5.74, 6) is 0.0432. The van der Waals surface area contributed by atoms with Crippen LogP contribution in [-0.4, -0.2) is 53.8 Å². The number of carbonyl (C=O) groups is 2. The van der Waals surface area contributed by atoms with Crippen molar-refractivity contribution in [1.29, 1.82) is 0 Å². The molecule has 5 nitrogen and oxygen atoms in total. The molecule has 2 heterocycles. The molecule has 0 aromatic carbocycles. The number of amides is 1. The van der Waals surface area contributed by atoms with Crippen LogP contribution in [0.3, 0.4) is 0 Å². The molecule has 126 valence electrons. The Hall–Kier alpha value is -1.24. The van der Waals surface area contributed by atoms with Gasteiger partial charge in [-0.15, -0.1) is 0 Å². The first-order chi connectivity index (χ1) is 10.5. The maximum atomic E-state index is 12.7. The molecule has 2 rings (SSSR count). The SMILES string of the molecule is CC(C)(C)OC(=O)N1CC(=O)[C]([Sn]([CH3])([CH3])[CH3])=C(c2ccoc2)C1. The summed E-state index contributed by atoms with van der Waals surface area (Å²) in [6.45, 7) is 5.95. The third-order valence-corrected chi connectivity index (χ3v) is 9.47. The van der Waals surface area contributed by atoms with E-state index in [0.717, 1.165) is 14.7 Å². The Bertz CT molecular complexity index is 633. The third-order valence-electron chi connectivity index (χ3n) is 3.54. The van der Waals surface area contributed by atoms with Crippen molar-refractivity contribution in [2.24, 2.45) is 0 Å². The van der Waals surface area contributed by atoms with Gasteiger partial charge in [0.15, 0.2) is 0 Å². The summed E-state index contributed by atoms with van der Waals surface area (Å²) in [5.41, 5.74) is 1.22. The molecule has 0 spiro atoms. The van der Waals surface area contributed by atoms with E-state index >= 15 is 0 Å². The van der Waals surface area contributed by atoms with Gasteiger partial charge >= 0.3 is 141 Å². The van der Waals surface area contributed by atoms with Crippen LogP contribution in [0.4, 0.5) is 4.79 Å². The predicted octanol–water partition coefficient (Wildman–Crippen LogP) is 3.73. The van der Waals surface area contributed by atoms with Crippen LogP contribution in [0.15, 0.2) is 26.6 Å². The van der Waals surface area contributed by atoms with E-state index in [-0.39, 0.29) is 12.3 Å². The first-order valence-corrected chi connectivity index (χ1v) is 17.8. The fourth-order valence-corrected chi connectivity index (χ4v) is 8.58. The average Bonchev–Trinajstić information content (AvgIpc) is 2.87. The van der Waals surface area contributed by atoms with Crippen LogP contribution in [0.2, 0.25) is 14.8 Å². The molecule has 0 atom stereocenters. The van der Waals surface area contributed by atoms with Crippen LogP contribution in [0.1, 0.15) is 26.3 Å². The number of ketones is 1. The molecule has 0 N–H and O–H groups in total. The zero-order chi connectivity index (χ0) is 17.4. The Morgan fingerprint density at radius 3 is 2.39 bits per heavy atom. The van der Waals surface area contributed by atoms with Gasteiger partial charge in [0, 0.05) is 0 Å². The maximum absolute atomic E-state index is 12.7. The van der Waals surface area contributed by atoms with Crippen LogP contribution in [0.5, 0.6) is 0 Å². The molecule has 1 aliphatic heterocycles. The van der Waals surface area contributed by atoms with Gasteiger partial charge in [-0.3, -0.25) is 0 Å². The zero-order valence-electron chi connectivity index (χ0n) is 14.7. The summed E-state index contributed by atoms with van der Waals surface area (Å²) >= 11 is -2.63. The van der Waals surface area contributed by atoms with E-state index in [0.29, 0.717) is 6.54 Å². The number of hydrogen-bond acceptors (Lipinski definition) is 4. The van der Waals surface area contributed by atoms with Crippen molar-refractivity contribution < 1.29 is 18.7 Å². The number of rotatable bonds is 2. The number of carbonyl (C=O) groups excluding carboxylic acids is 2. The molecule has 6 heteroatoms. The predicted molar refractivity (Wildman–Crippen MR) is 91.8 cm³/mol. The molecule has 0 bridgehead atoms. The molecule has 0 radical (unpaired) electrons. The van der Waals surface area contributed by atoms with Gasteiger partial charge in [0.25, 0.3) is 0 Å². The molecule has 1 amide bonds. The third kappa shape index (κ3) is 4.40. The Balaban J connectivity index is 2.39. The fourth-order valence-electron chi connectivity index (χ4n) is 2.74. The van der Waals surface area contributed by atoms with Crippen LogP contribution < -0.4 is 0 Å². The first kappa shape index (κ1) is 18.1. The van der Waals surface area contributed by atoms with Gasteiger partial charge in [-0.25, -0.2) is 0 Å². The number of furan rings is 1. The number of ether oxygens (including phenoxy) is 1. The van der Waals surface area contributed by atoms with E-state index in [9.17, 15) is 9.59 Å². The quantitative estimate of drug-likeness (QED) is 0.677. The van der Waals surface area contributed by atoms with Gasteiger partial charge in [-0.1, -0.05) is 0 Å². The number of nitrogens with zero attached hydrogens (tertiary/aromatic N) is 1. The molecular formula is C17H25NO4Sn. The Kier molecular flexibility index (Phi) is 4.99. The van der Waals surface area contributed by atoms with Crippen LogP contribution in [-0.2, 0) is 9.53 Å². The molecule has 1 aromatic heterocycles. The Morgan fingerprint density at radius 2 is 1.91 bits per heavy atom. The fraction of sp³-hybridized carbons (Fsp3) is 0.529.